The molecule has 0 amide bonds. The van der Waals surface area contributed by atoms with Gasteiger partial charge in [0.15, 0.2) is 5.17 Å². The number of aryl methyl sites for hydroxylation is 1. The summed E-state index contributed by atoms with van der Waals surface area (Å²) in [5.41, 5.74) is 7.62. The van der Waals surface area contributed by atoms with Gasteiger partial charge in [-0.25, -0.2) is 0 Å². The fraction of sp³-hybridized carbons (Fsp3) is 0.222. The Kier molecular flexibility index (Phi) is 4.10. The maximum absolute atomic E-state index is 6.03. The summed E-state index contributed by atoms with van der Waals surface area (Å²) in [6.45, 7) is 2.00. The maximum Gasteiger partial charge on any atom is 0.177 e. The predicted molar refractivity (Wildman–Crippen MR) is 63.3 cm³/mol. The van der Waals surface area contributed by atoms with Crippen LogP contribution in [0.2, 0.25) is 5.02 Å². The molecule has 3 nitrogen and oxygen atoms in total. The molecule has 5 heteroatoms. The number of rotatable bonds is 2. The van der Waals surface area contributed by atoms with Crippen molar-refractivity contribution in [1.29, 1.82) is 0 Å². The van der Waals surface area contributed by atoms with Gasteiger partial charge in [0.25, 0.3) is 0 Å². The van der Waals surface area contributed by atoms with Gasteiger partial charge in [0, 0.05) is 10.8 Å². The lowest BCUT2D eigenvalue weighted by molar-refractivity contribution is 1.25. The third kappa shape index (κ3) is 3.12. The van der Waals surface area contributed by atoms with Gasteiger partial charge in [0.05, 0.1) is 0 Å². The number of nitrogens with two attached hydrogens (primary N) is 2. The fourth-order valence-corrected chi connectivity index (χ4v) is 1.97. The molecule has 0 saturated heterocycles. The topological polar surface area (TPSA) is 64.4 Å². The third-order valence-electron chi connectivity index (χ3n) is 1.71. The number of hydrazone groups is 1. The van der Waals surface area contributed by atoms with E-state index in [4.69, 9.17) is 23.2 Å². The van der Waals surface area contributed by atoms with Crippen LogP contribution in [0.1, 0.15) is 11.1 Å². The first-order valence-electron chi connectivity index (χ1n) is 4.04. The van der Waals surface area contributed by atoms with E-state index in [9.17, 15) is 0 Å². The third-order valence-corrected chi connectivity index (χ3v) is 2.92. The fourth-order valence-electron chi connectivity index (χ4n) is 0.958. The van der Waals surface area contributed by atoms with E-state index >= 15 is 0 Å². The van der Waals surface area contributed by atoms with Crippen molar-refractivity contribution in [2.45, 2.75) is 12.7 Å². The molecule has 1 rings (SSSR count). The highest BCUT2D eigenvalue weighted by atomic mass is 35.5. The highest BCUT2D eigenvalue weighted by Gasteiger charge is 2.01. The van der Waals surface area contributed by atoms with E-state index in [1.165, 1.54) is 11.8 Å². The summed E-state index contributed by atoms with van der Waals surface area (Å²) in [6, 6.07) is 5.92. The molecule has 0 fully saturated rings. The molecule has 0 saturated carbocycles. The van der Waals surface area contributed by atoms with Crippen LogP contribution < -0.4 is 11.6 Å². The van der Waals surface area contributed by atoms with Crippen molar-refractivity contribution < 1.29 is 0 Å². The van der Waals surface area contributed by atoms with Crippen LogP contribution in [0, 0.1) is 6.92 Å². The van der Waals surface area contributed by atoms with Gasteiger partial charge in [-0.3, -0.25) is 0 Å². The van der Waals surface area contributed by atoms with Crippen molar-refractivity contribution in [3.63, 3.8) is 0 Å². The van der Waals surface area contributed by atoms with Crippen LogP contribution in [0.25, 0.3) is 0 Å². The van der Waals surface area contributed by atoms with Crippen LogP contribution in [-0.2, 0) is 5.75 Å². The van der Waals surface area contributed by atoms with Crippen molar-refractivity contribution in [2.75, 3.05) is 0 Å². The quantitative estimate of drug-likeness (QED) is 0.353. The first kappa shape index (κ1) is 11.2. The Bertz CT molecular complexity index is 352. The van der Waals surface area contributed by atoms with Gasteiger partial charge >= 0.3 is 0 Å². The summed E-state index contributed by atoms with van der Waals surface area (Å²) in [4.78, 5) is 0. The lowest BCUT2D eigenvalue weighted by Crippen LogP contribution is -2.09. The number of benzene rings is 1. The van der Waals surface area contributed by atoms with Gasteiger partial charge in [-0.1, -0.05) is 35.5 Å². The van der Waals surface area contributed by atoms with E-state index in [0.29, 0.717) is 10.9 Å². The normalized spacial score (nSPS) is 11.7. The van der Waals surface area contributed by atoms with E-state index in [0.717, 1.165) is 16.1 Å². The molecule has 0 aliphatic heterocycles. The second-order valence-corrected chi connectivity index (χ2v) is 4.25. The zero-order valence-electron chi connectivity index (χ0n) is 7.83. The average molecular weight is 230 g/mol. The zero-order chi connectivity index (χ0) is 10.6. The minimum atomic E-state index is 0.363. The summed E-state index contributed by atoms with van der Waals surface area (Å²) in [7, 11) is 0. The molecule has 0 bridgehead atoms. The minimum absolute atomic E-state index is 0.363. The summed E-state index contributed by atoms with van der Waals surface area (Å²) in [5.74, 6) is 5.69. The van der Waals surface area contributed by atoms with E-state index in [1.807, 2.05) is 25.1 Å². The molecule has 14 heavy (non-hydrogen) atoms. The van der Waals surface area contributed by atoms with Gasteiger partial charge in [-0.05, 0) is 24.1 Å². The monoisotopic (exact) mass is 229 g/mol. The van der Waals surface area contributed by atoms with Crippen molar-refractivity contribution in [2.24, 2.45) is 16.7 Å². The van der Waals surface area contributed by atoms with E-state index in [-0.39, 0.29) is 0 Å². The zero-order valence-corrected chi connectivity index (χ0v) is 9.40. The Balaban J connectivity index is 2.68. The Labute approximate surface area is 92.5 Å². The molecular weight excluding hydrogens is 218 g/mol. The highest BCUT2D eigenvalue weighted by Crippen LogP contribution is 2.22. The Morgan fingerprint density at radius 3 is 2.86 bits per heavy atom. The number of amidine groups is 1. The smallest absolute Gasteiger partial charge is 0.177 e. The van der Waals surface area contributed by atoms with Gasteiger partial charge in [0.1, 0.15) is 0 Å². The van der Waals surface area contributed by atoms with Crippen LogP contribution in [0.3, 0.4) is 0 Å². The van der Waals surface area contributed by atoms with Crippen molar-refractivity contribution >= 4 is 28.5 Å². The van der Waals surface area contributed by atoms with E-state index < -0.39 is 0 Å². The molecule has 4 N–H and O–H groups in total. The summed E-state index contributed by atoms with van der Waals surface area (Å²) < 4.78 is 0. The number of nitrogens with zero attached hydrogens (tertiary/aromatic N) is 1. The van der Waals surface area contributed by atoms with Gasteiger partial charge in [-0.15, -0.1) is 0 Å². The molecule has 0 spiro atoms. The van der Waals surface area contributed by atoms with Crippen LogP contribution in [-0.4, -0.2) is 5.17 Å². The molecule has 0 heterocycles. The summed E-state index contributed by atoms with van der Waals surface area (Å²) >= 11 is 7.40. The first-order valence-corrected chi connectivity index (χ1v) is 5.41. The molecule has 1 aromatic rings. The standard InChI is InChI=1S/C9H12ClN3S/c1-6-2-3-7(8(10)4-6)5-14-9(11)13-12/h2-4H,5,12H2,1H3,(H2,11,13). The summed E-state index contributed by atoms with van der Waals surface area (Å²) in [6.07, 6.45) is 0. The number of halogens is 1. The Morgan fingerprint density at radius 1 is 1.57 bits per heavy atom. The number of hydrogen-bond donors (Lipinski definition) is 2. The number of hydrogen-bond acceptors (Lipinski definition) is 3. The van der Waals surface area contributed by atoms with Gasteiger partial charge in [0.2, 0.25) is 0 Å². The molecular formula is C9H12ClN3S. The molecule has 0 aliphatic rings. The van der Waals surface area contributed by atoms with Crippen LogP contribution in [0.4, 0.5) is 0 Å². The van der Waals surface area contributed by atoms with Crippen LogP contribution in [0.15, 0.2) is 23.3 Å². The Hall–Kier alpha value is -0.870. The molecule has 0 atom stereocenters. The number of thioether (sulfide) groups is 1. The second kappa shape index (κ2) is 5.12. The molecule has 1 aromatic carbocycles. The first-order chi connectivity index (χ1) is 6.63. The second-order valence-electron chi connectivity index (χ2n) is 2.85. The molecule has 0 aliphatic carbocycles. The van der Waals surface area contributed by atoms with Crippen molar-refractivity contribution in [1.82, 2.24) is 0 Å². The Morgan fingerprint density at radius 2 is 2.29 bits per heavy atom. The van der Waals surface area contributed by atoms with Crippen molar-refractivity contribution in [3.05, 3.63) is 34.3 Å². The summed E-state index contributed by atoms with van der Waals surface area (Å²) in [5, 5.41) is 4.48. The average Bonchev–Trinajstić information content (AvgIpc) is 2.16. The SMILES string of the molecule is Cc1ccc(CS/C(N)=N/N)c(Cl)c1. The van der Waals surface area contributed by atoms with Crippen molar-refractivity contribution in [3.8, 4) is 0 Å². The minimum Gasteiger partial charge on any atom is -0.377 e. The lowest BCUT2D eigenvalue weighted by atomic mass is 10.2. The molecule has 0 radical (unpaired) electrons. The maximum atomic E-state index is 6.03. The van der Waals surface area contributed by atoms with E-state index in [1.54, 1.807) is 0 Å². The molecule has 0 aromatic heterocycles. The van der Waals surface area contributed by atoms with Crippen LogP contribution in [0.5, 0.6) is 0 Å². The van der Waals surface area contributed by atoms with Gasteiger partial charge in [-0.2, -0.15) is 5.10 Å². The molecule has 0 unspecified atom stereocenters. The highest BCUT2D eigenvalue weighted by molar-refractivity contribution is 8.13. The van der Waals surface area contributed by atoms with Gasteiger partial charge < -0.3 is 11.6 Å². The van der Waals surface area contributed by atoms with Crippen LogP contribution >= 0.6 is 23.4 Å². The van der Waals surface area contributed by atoms with E-state index in [2.05, 4.69) is 5.10 Å². The lowest BCUT2D eigenvalue weighted by Gasteiger charge is -2.04. The molecule has 76 valence electrons. The predicted octanol–water partition coefficient (Wildman–Crippen LogP) is 2.07. The largest absolute Gasteiger partial charge is 0.377 e.